The van der Waals surface area contributed by atoms with E-state index in [1.807, 2.05) is 12.1 Å². The monoisotopic (exact) mass is 400 g/mol. The van der Waals surface area contributed by atoms with Gasteiger partial charge in [0.05, 0.1) is 5.56 Å². The van der Waals surface area contributed by atoms with E-state index >= 15 is 0 Å². The van der Waals surface area contributed by atoms with E-state index in [1.165, 1.54) is 0 Å². The van der Waals surface area contributed by atoms with Gasteiger partial charge in [-0.05, 0) is 57.5 Å². The number of ketones is 1. The molecule has 1 aliphatic rings. The van der Waals surface area contributed by atoms with E-state index in [9.17, 15) is 9.59 Å². The molecule has 0 N–H and O–H groups in total. The van der Waals surface area contributed by atoms with Crippen molar-refractivity contribution in [1.82, 2.24) is 0 Å². The van der Waals surface area contributed by atoms with Crippen molar-refractivity contribution < 1.29 is 23.8 Å². The SMILES string of the molecule is Cc1c(OCC(=O)OC(C)(C)C)ccc2c1O/C(=C\c1ccccc1Cl)C2=O. The van der Waals surface area contributed by atoms with Gasteiger partial charge in [0.25, 0.3) is 0 Å². The molecule has 2 aromatic rings. The van der Waals surface area contributed by atoms with Crippen LogP contribution in [0.1, 0.15) is 42.3 Å². The van der Waals surface area contributed by atoms with E-state index in [2.05, 4.69) is 0 Å². The average molecular weight is 401 g/mol. The lowest BCUT2D eigenvalue weighted by Gasteiger charge is -2.19. The number of fused-ring (bicyclic) bond motifs is 1. The van der Waals surface area contributed by atoms with Crippen molar-refractivity contribution in [2.45, 2.75) is 33.3 Å². The van der Waals surface area contributed by atoms with Crippen molar-refractivity contribution in [1.29, 1.82) is 0 Å². The van der Waals surface area contributed by atoms with Crippen LogP contribution in [0.5, 0.6) is 11.5 Å². The Bertz CT molecular complexity index is 969. The third-order valence-corrected chi connectivity index (χ3v) is 4.34. The van der Waals surface area contributed by atoms with Crippen LogP contribution in [-0.2, 0) is 9.53 Å². The predicted molar refractivity (Wildman–Crippen MR) is 107 cm³/mol. The number of esters is 1. The zero-order valence-electron chi connectivity index (χ0n) is 16.2. The molecule has 146 valence electrons. The number of Topliss-reactive ketones (excluding diaryl/α,β-unsaturated/α-hetero) is 1. The maximum absolute atomic E-state index is 12.6. The van der Waals surface area contributed by atoms with E-state index in [0.717, 1.165) is 0 Å². The van der Waals surface area contributed by atoms with Crippen LogP contribution in [0.15, 0.2) is 42.2 Å². The summed E-state index contributed by atoms with van der Waals surface area (Å²) < 4.78 is 16.6. The highest BCUT2D eigenvalue weighted by Gasteiger charge is 2.30. The zero-order chi connectivity index (χ0) is 20.5. The van der Waals surface area contributed by atoms with Gasteiger partial charge >= 0.3 is 5.97 Å². The summed E-state index contributed by atoms with van der Waals surface area (Å²) in [5.74, 6) is 0.372. The number of halogens is 1. The molecular formula is C22H21ClO5. The van der Waals surface area contributed by atoms with E-state index in [0.29, 0.717) is 33.2 Å². The lowest BCUT2D eigenvalue weighted by Crippen LogP contribution is -2.27. The van der Waals surface area contributed by atoms with Crippen molar-refractivity contribution in [3.8, 4) is 11.5 Å². The summed E-state index contributed by atoms with van der Waals surface area (Å²) in [5.41, 5.74) is 1.19. The first-order chi connectivity index (χ1) is 13.2. The molecule has 0 aromatic heterocycles. The fourth-order valence-corrected chi connectivity index (χ4v) is 2.96. The number of allylic oxidation sites excluding steroid dienone is 1. The summed E-state index contributed by atoms with van der Waals surface area (Å²) in [6.45, 7) is 6.91. The van der Waals surface area contributed by atoms with Crippen LogP contribution >= 0.6 is 11.6 Å². The van der Waals surface area contributed by atoms with Crippen LogP contribution in [0.2, 0.25) is 5.02 Å². The molecule has 0 unspecified atom stereocenters. The van der Waals surface area contributed by atoms with Crippen LogP contribution in [0.3, 0.4) is 0 Å². The van der Waals surface area contributed by atoms with Gasteiger partial charge in [-0.15, -0.1) is 0 Å². The number of carbonyl (C=O) groups is 2. The van der Waals surface area contributed by atoms with Crippen LogP contribution < -0.4 is 9.47 Å². The summed E-state index contributed by atoms with van der Waals surface area (Å²) in [6, 6.07) is 10.5. The van der Waals surface area contributed by atoms with Crippen LogP contribution in [-0.4, -0.2) is 24.0 Å². The average Bonchev–Trinajstić information content (AvgIpc) is 2.92. The van der Waals surface area contributed by atoms with Crippen molar-refractivity contribution in [2.75, 3.05) is 6.61 Å². The summed E-state index contributed by atoms with van der Waals surface area (Å²) in [7, 11) is 0. The zero-order valence-corrected chi connectivity index (χ0v) is 16.9. The Hall–Kier alpha value is -2.79. The molecule has 28 heavy (non-hydrogen) atoms. The molecule has 0 amide bonds. The molecule has 1 heterocycles. The first-order valence-corrected chi connectivity index (χ1v) is 9.20. The quantitative estimate of drug-likeness (QED) is 0.534. The predicted octanol–water partition coefficient (Wildman–Crippen LogP) is 4.99. The van der Waals surface area contributed by atoms with Crippen LogP contribution in [0, 0.1) is 6.92 Å². The third kappa shape index (κ3) is 4.37. The molecule has 0 atom stereocenters. The van der Waals surface area contributed by atoms with Gasteiger partial charge in [-0.3, -0.25) is 4.79 Å². The molecule has 1 aliphatic heterocycles. The number of carbonyl (C=O) groups excluding carboxylic acids is 2. The number of ether oxygens (including phenoxy) is 3. The molecule has 0 fully saturated rings. The van der Waals surface area contributed by atoms with E-state index in [4.69, 9.17) is 25.8 Å². The van der Waals surface area contributed by atoms with Gasteiger partial charge in [-0.25, -0.2) is 4.79 Å². The first-order valence-electron chi connectivity index (χ1n) is 8.83. The Labute approximate surface area is 168 Å². The molecule has 0 bridgehead atoms. The van der Waals surface area contributed by atoms with Gasteiger partial charge in [-0.1, -0.05) is 29.8 Å². The van der Waals surface area contributed by atoms with Crippen LogP contribution in [0.25, 0.3) is 6.08 Å². The molecule has 0 saturated heterocycles. The number of hydrogen-bond acceptors (Lipinski definition) is 5. The molecule has 5 nitrogen and oxygen atoms in total. The Morgan fingerprint density at radius 2 is 1.89 bits per heavy atom. The van der Waals surface area contributed by atoms with Gasteiger partial charge in [0, 0.05) is 10.6 Å². The highest BCUT2D eigenvalue weighted by molar-refractivity contribution is 6.32. The fourth-order valence-electron chi connectivity index (χ4n) is 2.77. The van der Waals surface area contributed by atoms with Crippen LogP contribution in [0.4, 0.5) is 0 Å². The molecular weight excluding hydrogens is 380 g/mol. The van der Waals surface area contributed by atoms with Gasteiger partial charge in [0.1, 0.15) is 17.1 Å². The second-order valence-electron chi connectivity index (χ2n) is 7.40. The van der Waals surface area contributed by atoms with Gasteiger partial charge in [0.15, 0.2) is 12.4 Å². The van der Waals surface area contributed by atoms with E-state index in [1.54, 1.807) is 58.0 Å². The minimum Gasteiger partial charge on any atom is -0.481 e. The summed E-state index contributed by atoms with van der Waals surface area (Å²) in [6.07, 6.45) is 1.62. The fraction of sp³-hybridized carbons (Fsp3) is 0.273. The molecule has 6 heteroatoms. The van der Waals surface area contributed by atoms with E-state index in [-0.39, 0.29) is 18.1 Å². The molecule has 0 aliphatic carbocycles. The Morgan fingerprint density at radius 1 is 1.18 bits per heavy atom. The summed E-state index contributed by atoms with van der Waals surface area (Å²) in [5, 5.41) is 0.528. The van der Waals surface area contributed by atoms with Gasteiger partial charge < -0.3 is 14.2 Å². The first kappa shape index (κ1) is 20.0. The number of rotatable bonds is 4. The highest BCUT2D eigenvalue weighted by Crippen LogP contribution is 2.39. The Morgan fingerprint density at radius 3 is 2.57 bits per heavy atom. The lowest BCUT2D eigenvalue weighted by atomic mass is 10.1. The normalized spacial score (nSPS) is 14.6. The topological polar surface area (TPSA) is 61.8 Å². The molecule has 0 radical (unpaired) electrons. The molecule has 2 aromatic carbocycles. The van der Waals surface area contributed by atoms with Gasteiger partial charge in [-0.2, -0.15) is 0 Å². The van der Waals surface area contributed by atoms with Crippen molar-refractivity contribution in [3.63, 3.8) is 0 Å². The maximum Gasteiger partial charge on any atom is 0.344 e. The highest BCUT2D eigenvalue weighted by atomic mass is 35.5. The van der Waals surface area contributed by atoms with Gasteiger partial charge in [0.2, 0.25) is 5.78 Å². The Kier molecular flexibility index (Phi) is 5.47. The van der Waals surface area contributed by atoms with E-state index < -0.39 is 11.6 Å². The summed E-state index contributed by atoms with van der Waals surface area (Å²) >= 11 is 6.16. The third-order valence-electron chi connectivity index (χ3n) is 3.99. The Balaban J connectivity index is 1.80. The minimum absolute atomic E-state index is 0.190. The van der Waals surface area contributed by atoms with Crippen molar-refractivity contribution in [3.05, 3.63) is 63.9 Å². The molecule has 0 spiro atoms. The summed E-state index contributed by atoms with van der Waals surface area (Å²) in [4.78, 5) is 24.5. The molecule has 0 saturated carbocycles. The number of benzene rings is 2. The smallest absolute Gasteiger partial charge is 0.344 e. The standard InChI is InChI=1S/C22H21ClO5/c1-13-17(26-12-19(24)28-22(2,3)4)10-9-15-20(25)18(27-21(13)15)11-14-7-5-6-8-16(14)23/h5-11H,12H2,1-4H3/b18-11-. The minimum atomic E-state index is -0.582. The van der Waals surface area contributed by atoms with Crippen molar-refractivity contribution in [2.24, 2.45) is 0 Å². The second-order valence-corrected chi connectivity index (χ2v) is 7.81. The maximum atomic E-state index is 12.6. The largest absolute Gasteiger partial charge is 0.481 e. The number of hydrogen-bond donors (Lipinski definition) is 0. The second kappa shape index (κ2) is 7.68. The van der Waals surface area contributed by atoms with Crippen molar-refractivity contribution >= 4 is 29.4 Å². The lowest BCUT2D eigenvalue weighted by molar-refractivity contribution is -0.157. The molecule has 3 rings (SSSR count).